The second-order valence-corrected chi connectivity index (χ2v) is 14.9. The highest BCUT2D eigenvalue weighted by molar-refractivity contribution is 5.71. The summed E-state index contributed by atoms with van der Waals surface area (Å²) in [6.07, 6.45) is 54.6. The van der Waals surface area contributed by atoms with E-state index < -0.39 is 6.10 Å². The van der Waals surface area contributed by atoms with Crippen LogP contribution in [-0.2, 0) is 28.6 Å². The summed E-state index contributed by atoms with van der Waals surface area (Å²) in [5.74, 6) is -0.977. The molecule has 0 aromatic carbocycles. The van der Waals surface area contributed by atoms with Crippen LogP contribution in [0.3, 0.4) is 0 Å². The van der Waals surface area contributed by atoms with Crippen LogP contribution in [0.25, 0.3) is 0 Å². The lowest BCUT2D eigenvalue weighted by molar-refractivity contribution is -0.167. The molecule has 1 atom stereocenters. The summed E-state index contributed by atoms with van der Waals surface area (Å²) in [6.45, 7) is 6.39. The molecule has 0 saturated carbocycles. The largest absolute Gasteiger partial charge is 0.462 e. The Hall–Kier alpha value is -3.15. The van der Waals surface area contributed by atoms with Crippen molar-refractivity contribution in [3.63, 3.8) is 0 Å². The van der Waals surface area contributed by atoms with Gasteiger partial charge in [-0.15, -0.1) is 0 Å². The van der Waals surface area contributed by atoms with Gasteiger partial charge in [0.05, 0.1) is 0 Å². The zero-order valence-corrected chi connectivity index (χ0v) is 36.4. The molecule has 0 spiro atoms. The SMILES string of the molecule is CC/C=C\C/C=C\C/C=C\C/C=C\C/C=C\CCCC(=O)OCC(COC(=O)CCCCCC/C=C\CCCC)OC(=O)CCCCCCCCCCCCC. The van der Waals surface area contributed by atoms with Gasteiger partial charge in [-0.2, -0.15) is 0 Å². The summed E-state index contributed by atoms with van der Waals surface area (Å²) in [6, 6.07) is 0. The van der Waals surface area contributed by atoms with Gasteiger partial charge in [0.2, 0.25) is 0 Å². The molecule has 0 N–H and O–H groups in total. The first-order valence-corrected chi connectivity index (χ1v) is 22.9. The predicted molar refractivity (Wildman–Crippen MR) is 238 cm³/mol. The number of hydrogen-bond acceptors (Lipinski definition) is 6. The van der Waals surface area contributed by atoms with Gasteiger partial charge in [-0.05, 0) is 77.0 Å². The molecular weight excluding hydrogens is 697 g/mol. The fraction of sp³-hybridized carbons (Fsp3) is 0.700. The van der Waals surface area contributed by atoms with Crippen LogP contribution >= 0.6 is 0 Å². The van der Waals surface area contributed by atoms with Crippen molar-refractivity contribution in [2.45, 2.75) is 213 Å². The molecule has 0 rings (SSSR count). The quantitative estimate of drug-likeness (QED) is 0.0267. The fourth-order valence-corrected chi connectivity index (χ4v) is 5.99. The van der Waals surface area contributed by atoms with Gasteiger partial charge < -0.3 is 14.2 Å². The Bertz CT molecular complexity index is 1080. The van der Waals surface area contributed by atoms with Crippen LogP contribution in [0, 0.1) is 0 Å². The van der Waals surface area contributed by atoms with Gasteiger partial charge in [0.1, 0.15) is 13.2 Å². The molecule has 0 aromatic heterocycles. The van der Waals surface area contributed by atoms with Crippen molar-refractivity contribution >= 4 is 17.9 Å². The summed E-state index contributed by atoms with van der Waals surface area (Å²) in [5.41, 5.74) is 0. The first-order valence-electron chi connectivity index (χ1n) is 22.9. The third-order valence-electron chi connectivity index (χ3n) is 9.45. The van der Waals surface area contributed by atoms with Gasteiger partial charge in [-0.1, -0.05) is 184 Å². The van der Waals surface area contributed by atoms with Gasteiger partial charge >= 0.3 is 17.9 Å². The van der Waals surface area contributed by atoms with Crippen molar-refractivity contribution in [3.05, 3.63) is 72.9 Å². The summed E-state index contributed by atoms with van der Waals surface area (Å²) >= 11 is 0. The zero-order valence-electron chi connectivity index (χ0n) is 36.4. The van der Waals surface area contributed by atoms with Crippen molar-refractivity contribution in [1.29, 1.82) is 0 Å². The van der Waals surface area contributed by atoms with Gasteiger partial charge in [0.25, 0.3) is 0 Å². The van der Waals surface area contributed by atoms with Crippen molar-refractivity contribution in [2.24, 2.45) is 0 Å². The second-order valence-electron chi connectivity index (χ2n) is 14.9. The maximum absolute atomic E-state index is 12.7. The monoisotopic (exact) mass is 781 g/mol. The number of hydrogen-bond donors (Lipinski definition) is 0. The summed E-state index contributed by atoms with van der Waals surface area (Å²) in [4.78, 5) is 37.7. The molecule has 0 radical (unpaired) electrons. The maximum atomic E-state index is 12.7. The van der Waals surface area contributed by atoms with Crippen LogP contribution in [0.15, 0.2) is 72.9 Å². The Morgan fingerprint density at radius 3 is 1.23 bits per heavy atom. The molecule has 1 unspecified atom stereocenters. The average molecular weight is 781 g/mol. The average Bonchev–Trinajstić information content (AvgIpc) is 3.19. The second kappa shape index (κ2) is 44.6. The molecule has 0 aromatic rings. The van der Waals surface area contributed by atoms with E-state index >= 15 is 0 Å². The van der Waals surface area contributed by atoms with Crippen molar-refractivity contribution in [2.75, 3.05) is 13.2 Å². The molecule has 6 nitrogen and oxygen atoms in total. The minimum absolute atomic E-state index is 0.0985. The van der Waals surface area contributed by atoms with Crippen molar-refractivity contribution in [1.82, 2.24) is 0 Å². The number of rotatable bonds is 40. The smallest absolute Gasteiger partial charge is 0.306 e. The predicted octanol–water partition coefficient (Wildman–Crippen LogP) is 14.7. The Balaban J connectivity index is 4.46. The summed E-state index contributed by atoms with van der Waals surface area (Å²) in [7, 11) is 0. The van der Waals surface area contributed by atoms with Gasteiger partial charge in [0, 0.05) is 19.3 Å². The Morgan fingerprint density at radius 2 is 0.732 bits per heavy atom. The first-order chi connectivity index (χ1) is 27.5. The van der Waals surface area contributed by atoms with E-state index in [0.717, 1.165) is 96.3 Å². The third-order valence-corrected chi connectivity index (χ3v) is 9.45. The molecule has 320 valence electrons. The van der Waals surface area contributed by atoms with Crippen LogP contribution in [0.5, 0.6) is 0 Å². The number of ether oxygens (including phenoxy) is 3. The van der Waals surface area contributed by atoms with Gasteiger partial charge in [-0.3, -0.25) is 14.4 Å². The standard InChI is InChI=1S/C50H84O6/c1-4-7-10-13-16-19-22-23-24-25-26-27-29-31-34-37-40-43-49(52)55-46-47(45-54-48(51)42-39-36-33-30-21-18-15-12-9-6-3)56-50(53)44-41-38-35-32-28-20-17-14-11-8-5-2/h7,10,15-16,18-19,23-24,26-27,31,34,47H,4-6,8-9,11-14,17,20-22,25,28-30,32-33,35-46H2,1-3H3/b10-7-,18-15-,19-16-,24-23-,27-26-,34-31-. The lowest BCUT2D eigenvalue weighted by Gasteiger charge is -2.18. The van der Waals surface area contributed by atoms with E-state index in [1.807, 2.05) is 0 Å². The molecule has 0 aliphatic rings. The highest BCUT2D eigenvalue weighted by atomic mass is 16.6. The van der Waals surface area contributed by atoms with Crippen molar-refractivity contribution in [3.8, 4) is 0 Å². The fourth-order valence-electron chi connectivity index (χ4n) is 5.99. The molecule has 0 aliphatic heterocycles. The number of allylic oxidation sites excluding steroid dienone is 12. The summed E-state index contributed by atoms with van der Waals surface area (Å²) in [5, 5.41) is 0. The Morgan fingerprint density at radius 1 is 0.375 bits per heavy atom. The first kappa shape index (κ1) is 52.9. The van der Waals surface area contributed by atoms with E-state index in [-0.39, 0.29) is 37.5 Å². The van der Waals surface area contributed by atoms with Gasteiger partial charge in [-0.25, -0.2) is 0 Å². The third kappa shape index (κ3) is 42.0. The molecule has 0 fully saturated rings. The minimum Gasteiger partial charge on any atom is -0.462 e. The van der Waals surface area contributed by atoms with Crippen LogP contribution in [0.1, 0.15) is 207 Å². The highest BCUT2D eigenvalue weighted by Crippen LogP contribution is 2.13. The topological polar surface area (TPSA) is 78.9 Å². The highest BCUT2D eigenvalue weighted by Gasteiger charge is 2.19. The van der Waals surface area contributed by atoms with E-state index in [1.165, 1.54) is 64.2 Å². The van der Waals surface area contributed by atoms with Crippen LogP contribution < -0.4 is 0 Å². The van der Waals surface area contributed by atoms with E-state index in [0.29, 0.717) is 19.3 Å². The van der Waals surface area contributed by atoms with E-state index in [9.17, 15) is 14.4 Å². The van der Waals surface area contributed by atoms with Gasteiger partial charge in [0.15, 0.2) is 6.10 Å². The van der Waals surface area contributed by atoms with E-state index in [4.69, 9.17) is 14.2 Å². The Kier molecular flexibility index (Phi) is 42.1. The lowest BCUT2D eigenvalue weighted by atomic mass is 10.1. The van der Waals surface area contributed by atoms with Crippen LogP contribution in [0.2, 0.25) is 0 Å². The lowest BCUT2D eigenvalue weighted by Crippen LogP contribution is -2.30. The molecule has 0 saturated heterocycles. The van der Waals surface area contributed by atoms with Crippen LogP contribution in [-0.4, -0.2) is 37.2 Å². The van der Waals surface area contributed by atoms with E-state index in [2.05, 4.69) is 93.7 Å². The normalized spacial score (nSPS) is 12.7. The molecule has 0 aliphatic carbocycles. The number of carbonyl (C=O) groups excluding carboxylic acids is 3. The molecular formula is C50H84O6. The molecule has 56 heavy (non-hydrogen) atoms. The van der Waals surface area contributed by atoms with Crippen molar-refractivity contribution < 1.29 is 28.6 Å². The zero-order chi connectivity index (χ0) is 40.8. The molecule has 0 heterocycles. The number of esters is 3. The molecule has 6 heteroatoms. The van der Waals surface area contributed by atoms with E-state index in [1.54, 1.807) is 0 Å². The van der Waals surface area contributed by atoms with Crippen LogP contribution in [0.4, 0.5) is 0 Å². The number of unbranched alkanes of at least 4 members (excludes halogenated alkanes) is 17. The Labute approximate surface area is 344 Å². The molecule has 0 bridgehead atoms. The number of carbonyl (C=O) groups is 3. The summed E-state index contributed by atoms with van der Waals surface area (Å²) < 4.78 is 16.6. The maximum Gasteiger partial charge on any atom is 0.306 e. The molecule has 0 amide bonds. The minimum atomic E-state index is -0.798.